The van der Waals surface area contributed by atoms with Crippen LogP contribution in [-0.4, -0.2) is 47.5 Å². The third-order valence-corrected chi connectivity index (χ3v) is 3.91. The van der Waals surface area contributed by atoms with Crippen LogP contribution in [0.25, 0.3) is 0 Å². The van der Waals surface area contributed by atoms with Gasteiger partial charge in [-0.2, -0.15) is 4.98 Å². The van der Waals surface area contributed by atoms with Crippen molar-refractivity contribution in [2.75, 3.05) is 30.9 Å². The normalized spacial score (nSPS) is 17.2. The van der Waals surface area contributed by atoms with Crippen LogP contribution in [0.5, 0.6) is 0 Å². The smallest absolute Gasteiger partial charge is 0.225 e. The van der Waals surface area contributed by atoms with Gasteiger partial charge in [0.15, 0.2) is 11.6 Å². The van der Waals surface area contributed by atoms with E-state index in [1.165, 1.54) is 0 Å². The Balaban J connectivity index is 1.65. The van der Waals surface area contributed by atoms with E-state index in [2.05, 4.69) is 15.3 Å². The summed E-state index contributed by atoms with van der Waals surface area (Å²) < 4.78 is 13.6. The van der Waals surface area contributed by atoms with Gasteiger partial charge in [-0.3, -0.25) is 4.79 Å². The molecular formula is C17H20FN5O. The highest BCUT2D eigenvalue weighted by Gasteiger charge is 2.30. The number of amides is 1. The van der Waals surface area contributed by atoms with Crippen LogP contribution in [0, 0.1) is 5.82 Å². The zero-order valence-electron chi connectivity index (χ0n) is 13.7. The maximum atomic E-state index is 13.6. The van der Waals surface area contributed by atoms with E-state index >= 15 is 0 Å². The van der Waals surface area contributed by atoms with Crippen molar-refractivity contribution < 1.29 is 9.18 Å². The number of carbonyl (C=O) groups is 1. The Hall–Kier alpha value is -2.70. The maximum Gasteiger partial charge on any atom is 0.225 e. The summed E-state index contributed by atoms with van der Waals surface area (Å²) >= 11 is 0. The third kappa shape index (κ3) is 3.61. The first-order valence-electron chi connectivity index (χ1n) is 7.81. The number of halogens is 1. The van der Waals surface area contributed by atoms with Gasteiger partial charge < -0.3 is 15.1 Å². The van der Waals surface area contributed by atoms with E-state index in [1.807, 2.05) is 35.2 Å². The lowest BCUT2D eigenvalue weighted by Crippen LogP contribution is -2.28. The van der Waals surface area contributed by atoms with Gasteiger partial charge in [0.25, 0.3) is 0 Å². The predicted molar refractivity (Wildman–Crippen MR) is 90.2 cm³/mol. The predicted octanol–water partition coefficient (Wildman–Crippen LogP) is 1.89. The van der Waals surface area contributed by atoms with Gasteiger partial charge in [-0.1, -0.05) is 30.3 Å². The molecule has 126 valence electrons. The highest BCUT2D eigenvalue weighted by Crippen LogP contribution is 2.19. The van der Waals surface area contributed by atoms with Crippen LogP contribution in [0.1, 0.15) is 12.0 Å². The topological polar surface area (TPSA) is 61.4 Å². The van der Waals surface area contributed by atoms with E-state index in [-0.39, 0.29) is 17.8 Å². The lowest BCUT2D eigenvalue weighted by atomic mass is 10.2. The van der Waals surface area contributed by atoms with Crippen molar-refractivity contribution in [3.05, 3.63) is 47.9 Å². The summed E-state index contributed by atoms with van der Waals surface area (Å²) in [4.78, 5) is 23.7. The van der Waals surface area contributed by atoms with Gasteiger partial charge in [0.1, 0.15) is 0 Å². The van der Waals surface area contributed by atoms with Crippen LogP contribution in [0.3, 0.4) is 0 Å². The number of hydrogen-bond donors (Lipinski definition) is 1. The molecule has 0 radical (unpaired) electrons. The van der Waals surface area contributed by atoms with Crippen LogP contribution in [0.15, 0.2) is 36.5 Å². The third-order valence-electron chi connectivity index (χ3n) is 3.91. The van der Waals surface area contributed by atoms with Crippen LogP contribution in [0.4, 0.5) is 16.2 Å². The first-order chi connectivity index (χ1) is 11.5. The SMILES string of the molecule is CN(C)c1nc(N[C@@H]2CC(=O)N(Cc3ccccc3)C2)ncc1F. The molecule has 0 spiro atoms. The van der Waals surface area contributed by atoms with E-state index in [4.69, 9.17) is 0 Å². The number of aromatic nitrogens is 2. The Labute approximate surface area is 140 Å². The molecule has 1 saturated heterocycles. The number of benzene rings is 1. The van der Waals surface area contributed by atoms with E-state index in [1.54, 1.807) is 19.0 Å². The average Bonchev–Trinajstić information content (AvgIpc) is 2.89. The standard InChI is InChI=1S/C17H20FN5O/c1-22(2)16-14(18)9-19-17(21-16)20-13-8-15(24)23(11-13)10-12-6-4-3-5-7-12/h3-7,9,13H,8,10-11H2,1-2H3,(H,19,20,21)/t13-/m1/s1. The summed E-state index contributed by atoms with van der Waals surface area (Å²) in [6.07, 6.45) is 1.52. The number of nitrogens with one attached hydrogen (secondary N) is 1. The molecule has 1 N–H and O–H groups in total. The highest BCUT2D eigenvalue weighted by molar-refractivity contribution is 5.79. The number of likely N-dealkylation sites (tertiary alicyclic amines) is 1. The molecule has 0 unspecified atom stereocenters. The summed E-state index contributed by atoms with van der Waals surface area (Å²) in [7, 11) is 3.44. The van der Waals surface area contributed by atoms with Crippen LogP contribution in [0.2, 0.25) is 0 Å². The molecule has 1 aliphatic heterocycles. The minimum absolute atomic E-state index is 0.0818. The molecular weight excluding hydrogens is 309 g/mol. The molecule has 0 bridgehead atoms. The van der Waals surface area contributed by atoms with E-state index in [0.717, 1.165) is 11.8 Å². The molecule has 1 atom stereocenters. The second-order valence-electron chi connectivity index (χ2n) is 6.06. The van der Waals surface area contributed by atoms with Gasteiger partial charge in [-0.05, 0) is 5.56 Å². The van der Waals surface area contributed by atoms with E-state index in [0.29, 0.717) is 25.5 Å². The molecule has 1 aliphatic rings. The Morgan fingerprint density at radius 2 is 2.08 bits per heavy atom. The monoisotopic (exact) mass is 329 g/mol. The van der Waals surface area contributed by atoms with Crippen molar-refractivity contribution in [1.82, 2.24) is 14.9 Å². The lowest BCUT2D eigenvalue weighted by Gasteiger charge is -2.18. The Morgan fingerprint density at radius 1 is 1.33 bits per heavy atom. The van der Waals surface area contributed by atoms with Crippen molar-refractivity contribution in [2.45, 2.75) is 19.0 Å². The van der Waals surface area contributed by atoms with Crippen LogP contribution in [-0.2, 0) is 11.3 Å². The molecule has 2 heterocycles. The minimum Gasteiger partial charge on any atom is -0.360 e. The summed E-state index contributed by atoms with van der Waals surface area (Å²) in [5, 5.41) is 3.13. The summed E-state index contributed by atoms with van der Waals surface area (Å²) in [5.74, 6) is 0.169. The Bertz CT molecular complexity index is 722. The van der Waals surface area contributed by atoms with Crippen molar-refractivity contribution in [3.8, 4) is 0 Å². The molecule has 6 nitrogen and oxygen atoms in total. The summed E-state index contributed by atoms with van der Waals surface area (Å²) in [6.45, 7) is 1.16. The second-order valence-corrected chi connectivity index (χ2v) is 6.06. The zero-order valence-corrected chi connectivity index (χ0v) is 13.7. The van der Waals surface area contributed by atoms with Gasteiger partial charge in [0.05, 0.1) is 12.2 Å². The molecule has 3 rings (SSSR count). The molecule has 1 aromatic carbocycles. The van der Waals surface area contributed by atoms with E-state index < -0.39 is 5.82 Å². The summed E-state index contributed by atoms with van der Waals surface area (Å²) in [6, 6.07) is 9.79. The molecule has 0 aliphatic carbocycles. The van der Waals surface area contributed by atoms with Gasteiger partial charge in [-0.15, -0.1) is 0 Å². The quantitative estimate of drug-likeness (QED) is 0.908. The maximum absolute atomic E-state index is 13.6. The van der Waals surface area contributed by atoms with Crippen molar-refractivity contribution in [1.29, 1.82) is 0 Å². The van der Waals surface area contributed by atoms with Gasteiger partial charge in [0.2, 0.25) is 11.9 Å². The van der Waals surface area contributed by atoms with Crippen LogP contribution < -0.4 is 10.2 Å². The van der Waals surface area contributed by atoms with Gasteiger partial charge in [-0.25, -0.2) is 9.37 Å². The first kappa shape index (κ1) is 16.2. The van der Waals surface area contributed by atoms with Gasteiger partial charge >= 0.3 is 0 Å². The lowest BCUT2D eigenvalue weighted by molar-refractivity contribution is -0.128. The van der Waals surface area contributed by atoms with Crippen molar-refractivity contribution >= 4 is 17.7 Å². The fourth-order valence-corrected chi connectivity index (χ4v) is 2.75. The summed E-state index contributed by atoms with van der Waals surface area (Å²) in [5.41, 5.74) is 1.10. The van der Waals surface area contributed by atoms with Crippen molar-refractivity contribution in [2.24, 2.45) is 0 Å². The first-order valence-corrected chi connectivity index (χ1v) is 7.81. The molecule has 1 fully saturated rings. The second kappa shape index (κ2) is 6.82. The average molecular weight is 329 g/mol. The zero-order chi connectivity index (χ0) is 17.1. The fraction of sp³-hybridized carbons (Fsp3) is 0.353. The Morgan fingerprint density at radius 3 is 2.79 bits per heavy atom. The molecule has 0 saturated carbocycles. The molecule has 7 heteroatoms. The number of nitrogens with zero attached hydrogens (tertiary/aromatic N) is 4. The molecule has 1 amide bonds. The molecule has 24 heavy (non-hydrogen) atoms. The minimum atomic E-state index is -0.473. The number of anilines is 2. The fourth-order valence-electron chi connectivity index (χ4n) is 2.75. The van der Waals surface area contributed by atoms with Crippen LogP contribution >= 0.6 is 0 Å². The number of hydrogen-bond acceptors (Lipinski definition) is 5. The highest BCUT2D eigenvalue weighted by atomic mass is 19.1. The van der Waals surface area contributed by atoms with Crippen molar-refractivity contribution in [3.63, 3.8) is 0 Å². The Kier molecular flexibility index (Phi) is 4.59. The number of rotatable bonds is 5. The molecule has 2 aromatic rings. The molecule has 1 aromatic heterocycles. The largest absolute Gasteiger partial charge is 0.360 e. The number of carbonyl (C=O) groups excluding carboxylic acids is 1. The van der Waals surface area contributed by atoms with Gasteiger partial charge in [0, 0.05) is 33.6 Å². The van der Waals surface area contributed by atoms with E-state index in [9.17, 15) is 9.18 Å².